The standard InChI is InChI=1S/C15H17N3O/c1-2-17-9-12-14-11(7-8-16-12)10-5-3-4-6-13(10)18(14)15(17)19/h3-6,12,16H,2,7-9H2,1H3. The maximum atomic E-state index is 12.6. The monoisotopic (exact) mass is 255 g/mol. The van der Waals surface area contributed by atoms with Crippen LogP contribution in [-0.2, 0) is 6.42 Å². The summed E-state index contributed by atoms with van der Waals surface area (Å²) in [6.07, 6.45) is 1.01. The van der Waals surface area contributed by atoms with Gasteiger partial charge in [0, 0.05) is 18.5 Å². The number of carbonyl (C=O) groups is 1. The van der Waals surface area contributed by atoms with Crippen molar-refractivity contribution in [3.05, 3.63) is 35.5 Å². The molecule has 0 saturated carbocycles. The first-order valence-corrected chi connectivity index (χ1v) is 6.96. The van der Waals surface area contributed by atoms with Crippen LogP contribution in [0.3, 0.4) is 0 Å². The summed E-state index contributed by atoms with van der Waals surface area (Å²) in [4.78, 5) is 14.5. The highest BCUT2D eigenvalue weighted by Crippen LogP contribution is 2.36. The summed E-state index contributed by atoms with van der Waals surface area (Å²) in [6, 6.07) is 8.68. The van der Waals surface area contributed by atoms with Crippen LogP contribution in [0.25, 0.3) is 10.9 Å². The van der Waals surface area contributed by atoms with Crippen molar-refractivity contribution >= 4 is 16.9 Å². The van der Waals surface area contributed by atoms with Crippen LogP contribution >= 0.6 is 0 Å². The fourth-order valence-corrected chi connectivity index (χ4v) is 3.48. The normalized spacial score (nSPS) is 21.8. The number of likely N-dealkylation sites (N-methyl/N-ethyl adjacent to an activating group) is 1. The zero-order valence-electron chi connectivity index (χ0n) is 11.0. The van der Waals surface area contributed by atoms with Crippen LogP contribution in [0, 0.1) is 0 Å². The highest BCUT2D eigenvalue weighted by molar-refractivity contribution is 5.96. The quantitative estimate of drug-likeness (QED) is 0.847. The van der Waals surface area contributed by atoms with Gasteiger partial charge in [0.2, 0.25) is 0 Å². The zero-order valence-corrected chi connectivity index (χ0v) is 11.0. The van der Waals surface area contributed by atoms with E-state index in [1.54, 1.807) is 0 Å². The van der Waals surface area contributed by atoms with Gasteiger partial charge in [0.25, 0.3) is 0 Å². The topological polar surface area (TPSA) is 37.3 Å². The Kier molecular flexibility index (Phi) is 2.23. The molecule has 1 aromatic carbocycles. The summed E-state index contributed by atoms with van der Waals surface area (Å²) < 4.78 is 1.93. The molecule has 2 aliphatic rings. The van der Waals surface area contributed by atoms with E-state index in [0.29, 0.717) is 0 Å². The Morgan fingerprint density at radius 1 is 1.37 bits per heavy atom. The van der Waals surface area contributed by atoms with Gasteiger partial charge in [-0.1, -0.05) is 18.2 Å². The Hall–Kier alpha value is -1.81. The van der Waals surface area contributed by atoms with Crippen molar-refractivity contribution in [3.8, 4) is 0 Å². The summed E-state index contributed by atoms with van der Waals surface area (Å²) in [5.74, 6) is 0. The zero-order chi connectivity index (χ0) is 13.0. The molecule has 4 nitrogen and oxygen atoms in total. The maximum Gasteiger partial charge on any atom is 0.328 e. The molecule has 2 aliphatic heterocycles. The fourth-order valence-electron chi connectivity index (χ4n) is 3.48. The van der Waals surface area contributed by atoms with E-state index in [2.05, 4.69) is 23.5 Å². The third-order valence-electron chi connectivity index (χ3n) is 4.36. The third-order valence-corrected chi connectivity index (χ3v) is 4.36. The van der Waals surface area contributed by atoms with Crippen LogP contribution in [0.2, 0.25) is 0 Å². The van der Waals surface area contributed by atoms with E-state index < -0.39 is 0 Å². The van der Waals surface area contributed by atoms with Crippen LogP contribution < -0.4 is 5.32 Å². The number of para-hydroxylation sites is 1. The number of carbonyl (C=O) groups excluding carboxylic acids is 1. The van der Waals surface area contributed by atoms with Crippen LogP contribution in [0.15, 0.2) is 24.3 Å². The first-order chi connectivity index (χ1) is 9.31. The molecule has 0 saturated heterocycles. The summed E-state index contributed by atoms with van der Waals surface area (Å²) in [5, 5.41) is 4.79. The third kappa shape index (κ3) is 1.35. The van der Waals surface area contributed by atoms with Gasteiger partial charge in [0.15, 0.2) is 0 Å². The molecule has 1 N–H and O–H groups in total. The molecule has 1 aromatic heterocycles. The molecular weight excluding hydrogens is 238 g/mol. The lowest BCUT2D eigenvalue weighted by atomic mass is 9.98. The second-order valence-corrected chi connectivity index (χ2v) is 5.29. The van der Waals surface area contributed by atoms with Gasteiger partial charge < -0.3 is 10.2 Å². The van der Waals surface area contributed by atoms with Gasteiger partial charge in [-0.3, -0.25) is 4.57 Å². The van der Waals surface area contributed by atoms with E-state index >= 15 is 0 Å². The minimum atomic E-state index is 0.125. The number of nitrogens with zero attached hydrogens (tertiary/aromatic N) is 2. The van der Waals surface area contributed by atoms with Crippen molar-refractivity contribution in [3.63, 3.8) is 0 Å². The summed E-state index contributed by atoms with van der Waals surface area (Å²) in [7, 11) is 0. The molecule has 1 amide bonds. The highest BCUT2D eigenvalue weighted by Gasteiger charge is 2.36. The molecule has 0 radical (unpaired) electrons. The molecule has 3 heterocycles. The second-order valence-electron chi connectivity index (χ2n) is 5.29. The van der Waals surface area contributed by atoms with Gasteiger partial charge >= 0.3 is 6.03 Å². The highest BCUT2D eigenvalue weighted by atomic mass is 16.2. The Labute approximate surface area is 112 Å². The van der Waals surface area contributed by atoms with E-state index in [4.69, 9.17) is 0 Å². The van der Waals surface area contributed by atoms with Crippen molar-refractivity contribution in [1.82, 2.24) is 14.8 Å². The van der Waals surface area contributed by atoms with Crippen molar-refractivity contribution in [2.45, 2.75) is 19.4 Å². The van der Waals surface area contributed by atoms with Gasteiger partial charge in [-0.25, -0.2) is 4.79 Å². The molecule has 0 spiro atoms. The molecule has 4 heteroatoms. The van der Waals surface area contributed by atoms with E-state index in [0.717, 1.165) is 31.6 Å². The molecule has 1 atom stereocenters. The molecule has 98 valence electrons. The first-order valence-electron chi connectivity index (χ1n) is 6.96. The Balaban J connectivity index is 2.07. The van der Waals surface area contributed by atoms with Crippen LogP contribution in [0.5, 0.6) is 0 Å². The van der Waals surface area contributed by atoms with E-state index in [1.165, 1.54) is 16.6 Å². The predicted molar refractivity (Wildman–Crippen MR) is 74.4 cm³/mol. The SMILES string of the molecule is CCN1CC2NCCc3c2n(c2ccccc32)C1=O. The smallest absolute Gasteiger partial charge is 0.322 e. The number of hydrogen-bond donors (Lipinski definition) is 1. The Morgan fingerprint density at radius 2 is 2.21 bits per heavy atom. The van der Waals surface area contributed by atoms with Gasteiger partial charge in [-0.2, -0.15) is 0 Å². The van der Waals surface area contributed by atoms with E-state index in [9.17, 15) is 4.79 Å². The second kappa shape index (κ2) is 3.84. The number of nitrogens with one attached hydrogen (secondary N) is 1. The first kappa shape index (κ1) is 11.1. The molecular formula is C15H17N3O. The van der Waals surface area contributed by atoms with E-state index in [1.807, 2.05) is 22.5 Å². The van der Waals surface area contributed by atoms with Crippen molar-refractivity contribution in [2.24, 2.45) is 0 Å². The summed E-state index contributed by atoms with van der Waals surface area (Å²) in [6.45, 7) is 4.59. The van der Waals surface area contributed by atoms with Gasteiger partial charge in [0.05, 0.1) is 17.3 Å². The predicted octanol–water partition coefficient (Wildman–Crippen LogP) is 2.13. The Morgan fingerprint density at radius 3 is 3.05 bits per heavy atom. The molecule has 0 fully saturated rings. The number of amides is 1. The summed E-state index contributed by atoms with van der Waals surface area (Å²) >= 11 is 0. The molecule has 2 aromatic rings. The molecule has 0 bridgehead atoms. The van der Waals surface area contributed by atoms with Gasteiger partial charge in [0.1, 0.15) is 0 Å². The molecule has 1 unspecified atom stereocenters. The average molecular weight is 255 g/mol. The lowest BCUT2D eigenvalue weighted by molar-refractivity contribution is 0.182. The fraction of sp³-hybridized carbons (Fsp3) is 0.400. The van der Waals surface area contributed by atoms with Crippen LogP contribution in [-0.4, -0.2) is 35.1 Å². The lowest BCUT2D eigenvalue weighted by Crippen LogP contribution is -2.49. The average Bonchev–Trinajstić information content (AvgIpc) is 2.79. The van der Waals surface area contributed by atoms with Crippen molar-refractivity contribution in [1.29, 1.82) is 0 Å². The minimum Gasteiger partial charge on any atom is -0.322 e. The summed E-state index contributed by atoms with van der Waals surface area (Å²) in [5.41, 5.74) is 3.62. The number of benzene rings is 1. The minimum absolute atomic E-state index is 0.125. The number of hydrogen-bond acceptors (Lipinski definition) is 2. The van der Waals surface area contributed by atoms with Crippen LogP contribution in [0.4, 0.5) is 4.79 Å². The number of aromatic nitrogens is 1. The molecule has 19 heavy (non-hydrogen) atoms. The van der Waals surface area contributed by atoms with Crippen molar-refractivity contribution < 1.29 is 4.79 Å². The molecule has 4 rings (SSSR count). The van der Waals surface area contributed by atoms with E-state index in [-0.39, 0.29) is 12.1 Å². The maximum absolute atomic E-state index is 12.6. The van der Waals surface area contributed by atoms with Crippen molar-refractivity contribution in [2.75, 3.05) is 19.6 Å². The van der Waals surface area contributed by atoms with Gasteiger partial charge in [-0.05, 0) is 31.5 Å². The lowest BCUT2D eigenvalue weighted by Gasteiger charge is -2.36. The number of rotatable bonds is 1. The number of fused-ring (bicyclic) bond motifs is 3. The molecule has 0 aliphatic carbocycles. The largest absolute Gasteiger partial charge is 0.328 e. The van der Waals surface area contributed by atoms with Crippen LogP contribution in [0.1, 0.15) is 24.2 Å². The Bertz CT molecular complexity index is 673. The van der Waals surface area contributed by atoms with Gasteiger partial charge in [-0.15, -0.1) is 0 Å².